The van der Waals surface area contributed by atoms with Gasteiger partial charge in [-0.1, -0.05) is 29.8 Å². The van der Waals surface area contributed by atoms with Crippen molar-refractivity contribution in [1.82, 2.24) is 10.3 Å². The molecule has 2 rings (SSSR count). The van der Waals surface area contributed by atoms with E-state index >= 15 is 0 Å². The van der Waals surface area contributed by atoms with E-state index in [9.17, 15) is 4.39 Å². The Bertz CT molecular complexity index is 572. The van der Waals surface area contributed by atoms with E-state index in [1.807, 2.05) is 32.2 Å². The van der Waals surface area contributed by atoms with E-state index in [-0.39, 0.29) is 16.9 Å². The molecule has 1 N–H and O–H groups in total. The van der Waals surface area contributed by atoms with E-state index in [4.69, 9.17) is 11.6 Å². The summed E-state index contributed by atoms with van der Waals surface area (Å²) >= 11 is 5.80. The Kier molecular flexibility index (Phi) is 4.51. The first-order chi connectivity index (χ1) is 9.11. The van der Waals surface area contributed by atoms with Gasteiger partial charge in [0.05, 0.1) is 16.8 Å². The number of nitrogens with one attached hydrogen (secondary N) is 1. The highest BCUT2D eigenvalue weighted by molar-refractivity contribution is 6.30. The summed E-state index contributed by atoms with van der Waals surface area (Å²) in [5.41, 5.74) is 2.45. The number of likely N-dealkylation sites (N-methyl/N-ethyl adjacent to an activating group) is 1. The quantitative estimate of drug-likeness (QED) is 0.923. The molecule has 0 radical (unpaired) electrons. The smallest absolute Gasteiger partial charge is 0.145 e. The van der Waals surface area contributed by atoms with Gasteiger partial charge in [0.25, 0.3) is 0 Å². The minimum atomic E-state index is -0.350. The minimum Gasteiger partial charge on any atom is -0.311 e. The van der Waals surface area contributed by atoms with Gasteiger partial charge in [-0.25, -0.2) is 4.39 Å². The molecule has 0 amide bonds. The molecule has 0 fully saturated rings. The molecular weight excluding hydrogens is 263 g/mol. The van der Waals surface area contributed by atoms with Crippen molar-refractivity contribution in [3.05, 3.63) is 64.2 Å². The maximum absolute atomic E-state index is 13.9. The average Bonchev–Trinajstić information content (AvgIpc) is 2.40. The van der Waals surface area contributed by atoms with Gasteiger partial charge in [-0.05, 0) is 44.2 Å². The maximum Gasteiger partial charge on any atom is 0.145 e. The molecule has 0 aliphatic carbocycles. The van der Waals surface area contributed by atoms with Crippen LogP contribution in [0.4, 0.5) is 4.39 Å². The normalized spacial score (nSPS) is 12.4. The molecule has 0 spiro atoms. The van der Waals surface area contributed by atoms with Crippen LogP contribution < -0.4 is 5.32 Å². The van der Waals surface area contributed by atoms with Crippen LogP contribution in [0.2, 0.25) is 5.02 Å². The summed E-state index contributed by atoms with van der Waals surface area (Å²) in [5, 5.41) is 3.33. The van der Waals surface area contributed by atoms with E-state index in [0.717, 1.165) is 11.4 Å². The summed E-state index contributed by atoms with van der Waals surface area (Å²) in [4.78, 5) is 4.47. The first-order valence-corrected chi connectivity index (χ1v) is 6.53. The molecule has 2 aromatic rings. The lowest BCUT2D eigenvalue weighted by Crippen LogP contribution is -2.20. The van der Waals surface area contributed by atoms with Crippen molar-refractivity contribution < 1.29 is 4.39 Å². The van der Waals surface area contributed by atoms with Crippen LogP contribution in [0.25, 0.3) is 0 Å². The van der Waals surface area contributed by atoms with Crippen LogP contribution in [0.15, 0.2) is 36.4 Å². The first-order valence-electron chi connectivity index (χ1n) is 6.15. The lowest BCUT2D eigenvalue weighted by molar-refractivity contribution is 0.544. The third-order valence-electron chi connectivity index (χ3n) is 3.07. The second kappa shape index (κ2) is 6.13. The van der Waals surface area contributed by atoms with Crippen molar-refractivity contribution in [3.63, 3.8) is 0 Å². The SMILES string of the molecule is CNC(Cc1cccc(Cl)c1F)c1cccc(C)n1. The minimum absolute atomic E-state index is 0.0344. The Balaban J connectivity index is 2.26. The summed E-state index contributed by atoms with van der Waals surface area (Å²) in [5.74, 6) is -0.350. The predicted octanol–water partition coefficient (Wildman–Crippen LogP) is 3.69. The molecule has 1 aromatic carbocycles. The molecule has 19 heavy (non-hydrogen) atoms. The van der Waals surface area contributed by atoms with Gasteiger partial charge >= 0.3 is 0 Å². The topological polar surface area (TPSA) is 24.9 Å². The zero-order valence-electron chi connectivity index (χ0n) is 11.0. The van der Waals surface area contributed by atoms with Crippen molar-refractivity contribution in [2.24, 2.45) is 0 Å². The molecule has 1 atom stereocenters. The van der Waals surface area contributed by atoms with Gasteiger partial charge < -0.3 is 5.32 Å². The highest BCUT2D eigenvalue weighted by Gasteiger charge is 2.15. The molecule has 0 saturated heterocycles. The number of hydrogen-bond donors (Lipinski definition) is 1. The van der Waals surface area contributed by atoms with Crippen LogP contribution in [0.1, 0.15) is 23.0 Å². The van der Waals surface area contributed by atoms with Gasteiger partial charge in [0.15, 0.2) is 0 Å². The Morgan fingerprint density at radius 1 is 1.26 bits per heavy atom. The maximum atomic E-state index is 13.9. The Morgan fingerprint density at radius 2 is 2.00 bits per heavy atom. The largest absolute Gasteiger partial charge is 0.311 e. The number of aromatic nitrogens is 1. The first kappa shape index (κ1) is 14.0. The molecule has 1 unspecified atom stereocenters. The molecule has 4 heteroatoms. The van der Waals surface area contributed by atoms with E-state index in [2.05, 4.69) is 10.3 Å². The van der Waals surface area contributed by atoms with Crippen molar-refractivity contribution >= 4 is 11.6 Å². The van der Waals surface area contributed by atoms with Crippen molar-refractivity contribution in [2.75, 3.05) is 7.05 Å². The molecule has 0 saturated carbocycles. The van der Waals surface area contributed by atoms with Crippen LogP contribution in [0, 0.1) is 12.7 Å². The average molecular weight is 279 g/mol. The summed E-state index contributed by atoms with van der Waals surface area (Å²) < 4.78 is 13.9. The standard InChI is InChI=1S/C15H16ClFN2/c1-10-5-3-8-13(19-10)14(18-2)9-11-6-4-7-12(16)15(11)17/h3-8,14,18H,9H2,1-2H3. The van der Waals surface area contributed by atoms with Gasteiger partial charge in [-0.3, -0.25) is 4.98 Å². The third-order valence-corrected chi connectivity index (χ3v) is 3.36. The van der Waals surface area contributed by atoms with Crippen LogP contribution in [0.5, 0.6) is 0 Å². The van der Waals surface area contributed by atoms with E-state index in [0.29, 0.717) is 12.0 Å². The van der Waals surface area contributed by atoms with Gasteiger partial charge in [0.1, 0.15) is 5.82 Å². The monoisotopic (exact) mass is 278 g/mol. The van der Waals surface area contributed by atoms with Crippen LogP contribution in [-0.2, 0) is 6.42 Å². The fraction of sp³-hybridized carbons (Fsp3) is 0.267. The molecule has 2 nitrogen and oxygen atoms in total. The fourth-order valence-electron chi connectivity index (χ4n) is 2.04. The molecule has 0 bridgehead atoms. The van der Waals surface area contributed by atoms with Gasteiger partial charge in [0, 0.05) is 5.69 Å². The van der Waals surface area contributed by atoms with Crippen molar-refractivity contribution in [3.8, 4) is 0 Å². The summed E-state index contributed by atoms with van der Waals surface area (Å²) in [6.45, 7) is 1.94. The Labute approximate surface area is 117 Å². The van der Waals surface area contributed by atoms with E-state index < -0.39 is 0 Å². The molecule has 100 valence electrons. The Hall–Kier alpha value is -1.45. The molecule has 0 aliphatic heterocycles. The van der Waals surface area contributed by atoms with E-state index in [1.165, 1.54) is 0 Å². The second-order valence-corrected chi connectivity index (χ2v) is 4.87. The number of hydrogen-bond acceptors (Lipinski definition) is 2. The molecule has 0 aliphatic rings. The number of aryl methyl sites for hydroxylation is 1. The van der Waals surface area contributed by atoms with Gasteiger partial charge in [-0.15, -0.1) is 0 Å². The highest BCUT2D eigenvalue weighted by Crippen LogP contribution is 2.23. The zero-order chi connectivity index (χ0) is 13.8. The lowest BCUT2D eigenvalue weighted by Gasteiger charge is -2.17. The number of nitrogens with zero attached hydrogens (tertiary/aromatic N) is 1. The predicted molar refractivity (Wildman–Crippen MR) is 75.9 cm³/mol. The molecular formula is C15H16ClFN2. The number of benzene rings is 1. The van der Waals surface area contributed by atoms with Crippen molar-refractivity contribution in [1.29, 1.82) is 0 Å². The van der Waals surface area contributed by atoms with Gasteiger partial charge in [-0.2, -0.15) is 0 Å². The number of halogens is 2. The molecule has 1 aromatic heterocycles. The van der Waals surface area contributed by atoms with Crippen LogP contribution in [-0.4, -0.2) is 12.0 Å². The van der Waals surface area contributed by atoms with Crippen LogP contribution in [0.3, 0.4) is 0 Å². The van der Waals surface area contributed by atoms with E-state index in [1.54, 1.807) is 18.2 Å². The second-order valence-electron chi connectivity index (χ2n) is 4.46. The number of rotatable bonds is 4. The summed E-state index contributed by atoms with van der Waals surface area (Å²) in [6, 6.07) is 10.9. The lowest BCUT2D eigenvalue weighted by atomic mass is 10.0. The molecule has 1 heterocycles. The van der Waals surface area contributed by atoms with Gasteiger partial charge in [0.2, 0.25) is 0 Å². The van der Waals surface area contributed by atoms with Crippen LogP contribution >= 0.6 is 11.6 Å². The zero-order valence-corrected chi connectivity index (χ0v) is 11.7. The third kappa shape index (κ3) is 3.31. The number of pyridine rings is 1. The Morgan fingerprint density at radius 3 is 2.68 bits per heavy atom. The summed E-state index contributed by atoms with van der Waals surface area (Å²) in [7, 11) is 1.84. The van der Waals surface area contributed by atoms with Crippen molar-refractivity contribution in [2.45, 2.75) is 19.4 Å². The highest BCUT2D eigenvalue weighted by atomic mass is 35.5. The summed E-state index contributed by atoms with van der Waals surface area (Å²) in [6.07, 6.45) is 0.513. The fourth-order valence-corrected chi connectivity index (χ4v) is 2.23.